The van der Waals surface area contributed by atoms with Crippen LogP contribution in [0, 0.1) is 5.82 Å². The predicted molar refractivity (Wildman–Crippen MR) is 67.9 cm³/mol. The van der Waals surface area contributed by atoms with E-state index in [1.807, 2.05) is 0 Å². The lowest BCUT2D eigenvalue weighted by Gasteiger charge is -2.14. The quantitative estimate of drug-likeness (QED) is 0.756. The number of hydrogen-bond acceptors (Lipinski definition) is 1. The molecule has 1 heterocycles. The zero-order valence-corrected chi connectivity index (χ0v) is 10.3. The molecule has 20 heavy (non-hydrogen) atoms. The fourth-order valence-corrected chi connectivity index (χ4v) is 2.52. The lowest BCUT2D eigenvalue weighted by molar-refractivity contribution is -0.136. The van der Waals surface area contributed by atoms with Crippen molar-refractivity contribution in [2.24, 2.45) is 0 Å². The number of hydrogen-bond donors (Lipinski definition) is 1. The topological polar surface area (TPSA) is 12.0 Å². The number of anilines is 1. The lowest BCUT2D eigenvalue weighted by atomic mass is 10.0. The summed E-state index contributed by atoms with van der Waals surface area (Å²) < 4.78 is 51.7. The Hall–Kier alpha value is -2.04. The summed E-state index contributed by atoms with van der Waals surface area (Å²) in [4.78, 5) is 0. The van der Waals surface area contributed by atoms with Gasteiger partial charge in [0.1, 0.15) is 5.82 Å². The molecule has 0 saturated carbocycles. The summed E-state index contributed by atoms with van der Waals surface area (Å²) in [5.41, 5.74) is 0.888. The Labute approximate surface area is 113 Å². The highest BCUT2D eigenvalue weighted by atomic mass is 19.4. The average Bonchev–Trinajstić information content (AvgIpc) is 2.81. The molecule has 0 aromatic heterocycles. The molecule has 0 saturated heterocycles. The van der Waals surface area contributed by atoms with E-state index in [4.69, 9.17) is 0 Å². The van der Waals surface area contributed by atoms with Crippen molar-refractivity contribution in [2.45, 2.75) is 18.6 Å². The van der Waals surface area contributed by atoms with Gasteiger partial charge in [-0.2, -0.15) is 13.2 Å². The summed E-state index contributed by atoms with van der Waals surface area (Å²) in [6, 6.07) is 9.71. The number of halogens is 4. The Morgan fingerprint density at radius 3 is 2.35 bits per heavy atom. The molecule has 1 aliphatic rings. The second-order valence-corrected chi connectivity index (χ2v) is 4.79. The summed E-state index contributed by atoms with van der Waals surface area (Å²) in [6.07, 6.45) is -3.92. The van der Waals surface area contributed by atoms with E-state index < -0.39 is 11.7 Å². The van der Waals surface area contributed by atoms with Crippen LogP contribution in [0.4, 0.5) is 23.2 Å². The van der Waals surface area contributed by atoms with Crippen molar-refractivity contribution in [1.82, 2.24) is 0 Å². The molecule has 1 unspecified atom stereocenters. The summed E-state index contributed by atoms with van der Waals surface area (Å²) >= 11 is 0. The molecular formula is C15H11F4N. The van der Waals surface area contributed by atoms with Gasteiger partial charge in [0.2, 0.25) is 0 Å². The van der Waals surface area contributed by atoms with E-state index in [2.05, 4.69) is 5.32 Å². The first-order chi connectivity index (χ1) is 9.45. The van der Waals surface area contributed by atoms with Crippen LogP contribution in [-0.2, 0) is 12.6 Å². The van der Waals surface area contributed by atoms with Gasteiger partial charge in [-0.3, -0.25) is 0 Å². The smallest absolute Gasteiger partial charge is 0.377 e. The molecule has 2 aromatic rings. The Balaban J connectivity index is 1.94. The van der Waals surface area contributed by atoms with Gasteiger partial charge in [-0.15, -0.1) is 0 Å². The van der Waals surface area contributed by atoms with Crippen LogP contribution in [0.15, 0.2) is 42.5 Å². The Bertz CT molecular complexity index is 631. The normalized spacial score (nSPS) is 17.7. The predicted octanol–water partition coefficient (Wildman–Crippen LogP) is 4.55. The minimum atomic E-state index is -4.38. The van der Waals surface area contributed by atoms with Crippen LogP contribution in [0.3, 0.4) is 0 Å². The van der Waals surface area contributed by atoms with Crippen LogP contribution >= 0.6 is 0 Å². The molecule has 104 valence electrons. The van der Waals surface area contributed by atoms with Crippen molar-refractivity contribution in [3.8, 4) is 0 Å². The first-order valence-electron chi connectivity index (χ1n) is 6.16. The van der Waals surface area contributed by atoms with Gasteiger partial charge in [-0.25, -0.2) is 4.39 Å². The summed E-state index contributed by atoms with van der Waals surface area (Å²) in [6.45, 7) is 0. The van der Waals surface area contributed by atoms with Crippen LogP contribution in [0.5, 0.6) is 0 Å². The highest BCUT2D eigenvalue weighted by Gasteiger charge is 2.37. The second-order valence-electron chi connectivity index (χ2n) is 4.79. The number of alkyl halides is 3. The van der Waals surface area contributed by atoms with Crippen molar-refractivity contribution < 1.29 is 17.6 Å². The van der Waals surface area contributed by atoms with Crippen molar-refractivity contribution >= 4 is 5.69 Å². The highest BCUT2D eigenvalue weighted by Crippen LogP contribution is 2.43. The van der Waals surface area contributed by atoms with Crippen LogP contribution < -0.4 is 5.32 Å². The standard InChI is InChI=1S/C15H11F4N/c16-11-6-4-9(5-7-11)13-8-10-2-1-3-12(14(10)20-13)15(17,18)19/h1-7,13,20H,8H2. The zero-order chi connectivity index (χ0) is 14.3. The molecule has 1 atom stereocenters. The molecule has 0 spiro atoms. The summed E-state index contributed by atoms with van der Waals surface area (Å²) in [7, 11) is 0. The third kappa shape index (κ3) is 2.24. The van der Waals surface area contributed by atoms with Gasteiger partial charge in [0.05, 0.1) is 17.3 Å². The van der Waals surface area contributed by atoms with Gasteiger partial charge < -0.3 is 5.32 Å². The van der Waals surface area contributed by atoms with E-state index in [-0.39, 0.29) is 17.5 Å². The van der Waals surface area contributed by atoms with E-state index in [0.717, 1.165) is 11.6 Å². The van der Waals surface area contributed by atoms with E-state index in [1.165, 1.54) is 18.2 Å². The molecule has 0 aliphatic carbocycles. The SMILES string of the molecule is Fc1ccc(C2Cc3cccc(C(F)(F)F)c3N2)cc1. The molecule has 5 heteroatoms. The molecule has 0 bridgehead atoms. The summed E-state index contributed by atoms with van der Waals surface area (Å²) in [5, 5.41) is 2.90. The summed E-state index contributed by atoms with van der Waals surface area (Å²) in [5.74, 6) is -0.361. The van der Waals surface area contributed by atoms with Gasteiger partial charge in [-0.1, -0.05) is 24.3 Å². The van der Waals surface area contributed by atoms with Gasteiger partial charge in [0, 0.05) is 0 Å². The second kappa shape index (κ2) is 4.51. The van der Waals surface area contributed by atoms with Crippen LogP contribution in [-0.4, -0.2) is 0 Å². The third-order valence-corrected chi connectivity index (χ3v) is 3.47. The monoisotopic (exact) mass is 281 g/mol. The number of para-hydroxylation sites is 1. The van der Waals surface area contributed by atoms with Crippen molar-refractivity contribution in [1.29, 1.82) is 0 Å². The Morgan fingerprint density at radius 2 is 1.70 bits per heavy atom. The van der Waals surface area contributed by atoms with Gasteiger partial charge >= 0.3 is 6.18 Å². The molecule has 1 nitrogen and oxygen atoms in total. The Kier molecular flexibility index (Phi) is 2.92. The molecule has 3 rings (SSSR count). The maximum atomic E-state index is 12.9. The molecule has 2 aromatic carbocycles. The van der Waals surface area contributed by atoms with Crippen LogP contribution in [0.2, 0.25) is 0 Å². The maximum absolute atomic E-state index is 12.9. The van der Waals surface area contributed by atoms with Crippen molar-refractivity contribution in [2.75, 3.05) is 5.32 Å². The molecule has 1 aliphatic heterocycles. The number of nitrogens with one attached hydrogen (secondary N) is 1. The number of fused-ring (bicyclic) bond motifs is 1. The van der Waals surface area contributed by atoms with Crippen molar-refractivity contribution in [3.63, 3.8) is 0 Å². The van der Waals surface area contributed by atoms with E-state index in [0.29, 0.717) is 12.0 Å². The fourth-order valence-electron chi connectivity index (χ4n) is 2.52. The third-order valence-electron chi connectivity index (χ3n) is 3.47. The average molecular weight is 281 g/mol. The van der Waals surface area contributed by atoms with Gasteiger partial charge in [0.15, 0.2) is 0 Å². The van der Waals surface area contributed by atoms with E-state index >= 15 is 0 Å². The largest absolute Gasteiger partial charge is 0.418 e. The highest BCUT2D eigenvalue weighted by molar-refractivity contribution is 5.64. The zero-order valence-electron chi connectivity index (χ0n) is 10.3. The first kappa shape index (κ1) is 13.0. The fraction of sp³-hybridized carbons (Fsp3) is 0.200. The minimum Gasteiger partial charge on any atom is -0.377 e. The molecule has 0 radical (unpaired) electrons. The molecule has 1 N–H and O–H groups in total. The minimum absolute atomic E-state index is 0.134. The molecular weight excluding hydrogens is 270 g/mol. The van der Waals surface area contributed by atoms with Gasteiger partial charge in [-0.05, 0) is 35.7 Å². The van der Waals surface area contributed by atoms with Gasteiger partial charge in [0.25, 0.3) is 0 Å². The maximum Gasteiger partial charge on any atom is 0.418 e. The number of benzene rings is 2. The van der Waals surface area contributed by atoms with Crippen molar-refractivity contribution in [3.05, 3.63) is 65.0 Å². The van der Waals surface area contributed by atoms with E-state index in [1.54, 1.807) is 18.2 Å². The lowest BCUT2D eigenvalue weighted by Crippen LogP contribution is -2.10. The van der Waals surface area contributed by atoms with Crippen LogP contribution in [0.25, 0.3) is 0 Å². The Morgan fingerprint density at radius 1 is 1.00 bits per heavy atom. The molecule has 0 fully saturated rings. The number of rotatable bonds is 1. The van der Waals surface area contributed by atoms with Crippen LogP contribution in [0.1, 0.15) is 22.7 Å². The molecule has 0 amide bonds. The first-order valence-corrected chi connectivity index (χ1v) is 6.16. The van der Waals surface area contributed by atoms with E-state index in [9.17, 15) is 17.6 Å².